The molecule has 0 aliphatic carbocycles. The van der Waals surface area contributed by atoms with Crippen LogP contribution in [0.5, 0.6) is 0 Å². The van der Waals surface area contributed by atoms with Gasteiger partial charge in [0.25, 0.3) is 0 Å². The normalized spacial score (nSPS) is 14.2. The van der Waals surface area contributed by atoms with Crippen molar-refractivity contribution in [1.29, 1.82) is 0 Å². The van der Waals surface area contributed by atoms with Crippen LogP contribution in [0, 0.1) is 0 Å². The highest BCUT2D eigenvalue weighted by Gasteiger charge is 2.24. The van der Waals surface area contributed by atoms with Gasteiger partial charge in [-0.25, -0.2) is 4.79 Å². The van der Waals surface area contributed by atoms with Crippen molar-refractivity contribution in [3.8, 4) is 0 Å². The fourth-order valence-corrected chi connectivity index (χ4v) is 3.19. The van der Waals surface area contributed by atoms with E-state index >= 15 is 0 Å². The van der Waals surface area contributed by atoms with Crippen LogP contribution in [-0.4, -0.2) is 47.9 Å². The molecule has 2 aromatic rings. The van der Waals surface area contributed by atoms with Crippen LogP contribution in [0.3, 0.4) is 0 Å². The van der Waals surface area contributed by atoms with Gasteiger partial charge in [0.1, 0.15) is 0 Å². The van der Waals surface area contributed by atoms with Crippen LogP contribution in [0.25, 0.3) is 0 Å². The molecular weight excluding hydrogens is 350 g/mol. The van der Waals surface area contributed by atoms with E-state index in [4.69, 9.17) is 11.6 Å². The van der Waals surface area contributed by atoms with Crippen LogP contribution in [0.4, 0.5) is 4.79 Å². The maximum Gasteiger partial charge on any atom is 0.317 e. The molecule has 0 radical (unpaired) electrons. The van der Waals surface area contributed by atoms with Gasteiger partial charge < -0.3 is 15.1 Å². The molecule has 26 heavy (non-hydrogen) atoms. The van der Waals surface area contributed by atoms with E-state index in [0.29, 0.717) is 44.2 Å². The van der Waals surface area contributed by atoms with E-state index in [2.05, 4.69) is 5.32 Å². The molecule has 0 unspecified atom stereocenters. The zero-order valence-electron chi connectivity index (χ0n) is 14.5. The van der Waals surface area contributed by atoms with Gasteiger partial charge in [-0.1, -0.05) is 54.1 Å². The Morgan fingerprint density at radius 1 is 0.885 bits per heavy atom. The minimum atomic E-state index is -0.0872. The molecule has 3 rings (SSSR count). The average molecular weight is 372 g/mol. The van der Waals surface area contributed by atoms with E-state index in [1.165, 1.54) is 0 Å². The lowest BCUT2D eigenvalue weighted by atomic mass is 10.1. The molecule has 5 nitrogen and oxygen atoms in total. The second-order valence-corrected chi connectivity index (χ2v) is 6.76. The number of hydrogen-bond acceptors (Lipinski definition) is 2. The van der Waals surface area contributed by atoms with E-state index in [9.17, 15) is 9.59 Å². The smallest absolute Gasteiger partial charge is 0.317 e. The summed E-state index contributed by atoms with van der Waals surface area (Å²) in [4.78, 5) is 28.3. The third-order valence-corrected chi connectivity index (χ3v) is 4.69. The molecule has 6 heteroatoms. The first kappa shape index (κ1) is 18.3. The second-order valence-electron chi connectivity index (χ2n) is 6.32. The van der Waals surface area contributed by atoms with Crippen molar-refractivity contribution in [2.24, 2.45) is 0 Å². The Bertz CT molecular complexity index is 759. The lowest BCUT2D eigenvalue weighted by Crippen LogP contribution is -2.53. The number of rotatable bonds is 4. The summed E-state index contributed by atoms with van der Waals surface area (Å²) in [5.41, 5.74) is 1.97. The highest BCUT2D eigenvalue weighted by Crippen LogP contribution is 2.13. The van der Waals surface area contributed by atoms with Gasteiger partial charge in [-0.3, -0.25) is 4.79 Å². The topological polar surface area (TPSA) is 52.7 Å². The molecule has 1 fully saturated rings. The zero-order valence-corrected chi connectivity index (χ0v) is 15.3. The summed E-state index contributed by atoms with van der Waals surface area (Å²) in [6.45, 7) is 2.70. The molecule has 1 aliphatic heterocycles. The molecule has 0 bridgehead atoms. The summed E-state index contributed by atoms with van der Waals surface area (Å²) in [6, 6.07) is 17.1. The Kier molecular flexibility index (Phi) is 6.12. The molecular formula is C20H22ClN3O2. The number of urea groups is 1. The van der Waals surface area contributed by atoms with Crippen molar-refractivity contribution in [2.75, 3.05) is 26.2 Å². The standard InChI is InChI=1S/C20H22ClN3O2/c21-18-8-4-7-17(13-18)14-19(25)23-9-11-24(12-10-23)20(26)22-15-16-5-2-1-3-6-16/h1-8,13H,9-12,14-15H2,(H,22,26). The molecule has 3 amide bonds. The van der Waals surface area contributed by atoms with Gasteiger partial charge in [0.2, 0.25) is 5.91 Å². The molecule has 1 N–H and O–H groups in total. The number of hydrogen-bond donors (Lipinski definition) is 1. The van der Waals surface area contributed by atoms with Crippen molar-refractivity contribution >= 4 is 23.5 Å². The van der Waals surface area contributed by atoms with Crippen LogP contribution in [0.1, 0.15) is 11.1 Å². The van der Waals surface area contributed by atoms with Crippen LogP contribution in [0.2, 0.25) is 5.02 Å². The van der Waals surface area contributed by atoms with Gasteiger partial charge in [0.15, 0.2) is 0 Å². The highest BCUT2D eigenvalue weighted by atomic mass is 35.5. The summed E-state index contributed by atoms with van der Waals surface area (Å²) >= 11 is 5.97. The SMILES string of the molecule is O=C(Cc1cccc(Cl)c1)N1CCN(C(=O)NCc2ccccc2)CC1. The van der Waals surface area contributed by atoms with Crippen LogP contribution < -0.4 is 5.32 Å². The minimum Gasteiger partial charge on any atom is -0.339 e. The van der Waals surface area contributed by atoms with Crippen LogP contribution in [0.15, 0.2) is 54.6 Å². The first-order chi connectivity index (χ1) is 12.6. The summed E-state index contributed by atoms with van der Waals surface area (Å²) < 4.78 is 0. The number of carbonyl (C=O) groups excluding carboxylic acids is 2. The third kappa shape index (κ3) is 4.99. The quantitative estimate of drug-likeness (QED) is 0.898. The van der Waals surface area contributed by atoms with Crippen LogP contribution >= 0.6 is 11.6 Å². The van der Waals surface area contributed by atoms with E-state index in [0.717, 1.165) is 11.1 Å². The lowest BCUT2D eigenvalue weighted by Gasteiger charge is -2.34. The number of amides is 3. The van der Waals surface area contributed by atoms with Gasteiger partial charge in [0.05, 0.1) is 6.42 Å². The molecule has 0 atom stereocenters. The van der Waals surface area contributed by atoms with E-state index in [1.54, 1.807) is 11.0 Å². The molecule has 0 spiro atoms. The fourth-order valence-electron chi connectivity index (χ4n) is 2.98. The maximum atomic E-state index is 12.4. The Labute approximate surface area is 158 Å². The predicted octanol–water partition coefficient (Wildman–Crippen LogP) is 2.94. The molecule has 2 aromatic carbocycles. The number of halogens is 1. The van der Waals surface area contributed by atoms with Crippen molar-refractivity contribution in [3.63, 3.8) is 0 Å². The first-order valence-electron chi connectivity index (χ1n) is 8.71. The maximum absolute atomic E-state index is 12.4. The van der Waals surface area contributed by atoms with Gasteiger partial charge in [0, 0.05) is 37.7 Å². The summed E-state index contributed by atoms with van der Waals surface area (Å²) in [5, 5.41) is 3.56. The van der Waals surface area contributed by atoms with E-state index in [-0.39, 0.29) is 11.9 Å². The molecule has 0 aromatic heterocycles. The van der Waals surface area contributed by atoms with Crippen molar-refractivity contribution < 1.29 is 9.59 Å². The van der Waals surface area contributed by atoms with Crippen molar-refractivity contribution in [3.05, 3.63) is 70.7 Å². The van der Waals surface area contributed by atoms with E-state index in [1.807, 2.05) is 53.4 Å². The number of nitrogens with zero attached hydrogens (tertiary/aromatic N) is 2. The number of nitrogens with one attached hydrogen (secondary N) is 1. The highest BCUT2D eigenvalue weighted by molar-refractivity contribution is 6.30. The van der Waals surface area contributed by atoms with Gasteiger partial charge in [-0.2, -0.15) is 0 Å². The Morgan fingerprint density at radius 2 is 1.54 bits per heavy atom. The van der Waals surface area contributed by atoms with Crippen LogP contribution in [-0.2, 0) is 17.8 Å². The predicted molar refractivity (Wildman–Crippen MR) is 102 cm³/mol. The number of piperazine rings is 1. The Morgan fingerprint density at radius 3 is 2.23 bits per heavy atom. The minimum absolute atomic E-state index is 0.0663. The summed E-state index contributed by atoms with van der Waals surface area (Å²) in [7, 11) is 0. The fraction of sp³-hybridized carbons (Fsp3) is 0.300. The largest absolute Gasteiger partial charge is 0.339 e. The average Bonchev–Trinajstić information content (AvgIpc) is 2.67. The van der Waals surface area contributed by atoms with E-state index < -0.39 is 0 Å². The lowest BCUT2D eigenvalue weighted by molar-refractivity contribution is -0.131. The first-order valence-corrected chi connectivity index (χ1v) is 9.08. The Balaban J connectivity index is 1.44. The van der Waals surface area contributed by atoms with Gasteiger partial charge in [-0.15, -0.1) is 0 Å². The zero-order chi connectivity index (χ0) is 18.4. The summed E-state index contributed by atoms with van der Waals surface area (Å²) in [5.74, 6) is 0.0663. The Hall–Kier alpha value is -2.53. The number of benzene rings is 2. The monoisotopic (exact) mass is 371 g/mol. The molecule has 136 valence electrons. The third-order valence-electron chi connectivity index (χ3n) is 4.45. The second kappa shape index (κ2) is 8.72. The molecule has 1 saturated heterocycles. The van der Waals surface area contributed by atoms with Crippen molar-refractivity contribution in [2.45, 2.75) is 13.0 Å². The van der Waals surface area contributed by atoms with Gasteiger partial charge in [-0.05, 0) is 23.3 Å². The number of carbonyl (C=O) groups is 2. The molecule has 1 aliphatic rings. The molecule has 0 saturated carbocycles. The van der Waals surface area contributed by atoms with Crippen molar-refractivity contribution in [1.82, 2.24) is 15.1 Å². The molecule has 1 heterocycles. The summed E-state index contributed by atoms with van der Waals surface area (Å²) in [6.07, 6.45) is 0.334. The van der Waals surface area contributed by atoms with Gasteiger partial charge >= 0.3 is 6.03 Å².